The van der Waals surface area contributed by atoms with Crippen molar-refractivity contribution < 1.29 is 14.3 Å². The average Bonchev–Trinajstić information content (AvgIpc) is 2.76. The molecule has 0 aromatic carbocycles. The van der Waals surface area contributed by atoms with Crippen molar-refractivity contribution in [3.05, 3.63) is 11.8 Å². The first-order valence-electron chi connectivity index (χ1n) is 7.01. The third-order valence-electron chi connectivity index (χ3n) is 3.24. The lowest BCUT2D eigenvalue weighted by atomic mass is 10.1. The molecule has 2 N–H and O–H groups in total. The number of carbonyl (C=O) groups excluding carboxylic acids is 1. The van der Waals surface area contributed by atoms with E-state index in [9.17, 15) is 4.79 Å². The lowest BCUT2D eigenvalue weighted by Gasteiger charge is -2.18. The molecule has 1 aromatic heterocycles. The molecule has 21 heavy (non-hydrogen) atoms. The van der Waals surface area contributed by atoms with Crippen molar-refractivity contribution in [1.82, 2.24) is 9.97 Å². The van der Waals surface area contributed by atoms with Gasteiger partial charge in [0.15, 0.2) is 5.16 Å². The number of esters is 1. The van der Waals surface area contributed by atoms with Gasteiger partial charge in [-0.05, 0) is 33.6 Å². The molecule has 1 aliphatic heterocycles. The Morgan fingerprint density at radius 3 is 2.95 bits per heavy atom. The minimum Gasteiger partial charge on any atom is -0.462 e. The van der Waals surface area contributed by atoms with E-state index in [0.29, 0.717) is 11.8 Å². The summed E-state index contributed by atoms with van der Waals surface area (Å²) in [4.78, 5) is 19.9. The second-order valence-electron chi connectivity index (χ2n) is 5.52. The third-order valence-corrected chi connectivity index (χ3v) is 4.24. The molecule has 1 saturated heterocycles. The van der Waals surface area contributed by atoms with E-state index in [4.69, 9.17) is 15.2 Å². The zero-order valence-electron chi connectivity index (χ0n) is 12.6. The molecule has 0 bridgehead atoms. The van der Waals surface area contributed by atoms with E-state index in [1.54, 1.807) is 6.92 Å². The van der Waals surface area contributed by atoms with Gasteiger partial charge in [0.2, 0.25) is 0 Å². The average molecular weight is 311 g/mol. The molecule has 1 unspecified atom stereocenters. The van der Waals surface area contributed by atoms with E-state index in [0.717, 1.165) is 18.6 Å². The highest BCUT2D eigenvalue weighted by Crippen LogP contribution is 2.32. The van der Waals surface area contributed by atoms with E-state index in [1.165, 1.54) is 18.0 Å². The zero-order valence-corrected chi connectivity index (χ0v) is 13.4. The smallest absolute Gasteiger partial charge is 0.343 e. The molecule has 2 rings (SSSR count). The Morgan fingerprint density at radius 1 is 1.62 bits per heavy atom. The van der Waals surface area contributed by atoms with Crippen LogP contribution in [0.25, 0.3) is 0 Å². The van der Waals surface area contributed by atoms with Crippen LogP contribution in [0.1, 0.15) is 44.0 Å². The maximum Gasteiger partial charge on any atom is 0.343 e. The Morgan fingerprint density at radius 2 is 2.38 bits per heavy atom. The van der Waals surface area contributed by atoms with Gasteiger partial charge in [0.1, 0.15) is 11.4 Å². The first-order chi connectivity index (χ1) is 9.91. The fourth-order valence-electron chi connectivity index (χ4n) is 2.18. The number of anilines is 1. The van der Waals surface area contributed by atoms with Crippen LogP contribution in [0.5, 0.6) is 0 Å². The largest absolute Gasteiger partial charge is 0.462 e. The van der Waals surface area contributed by atoms with Gasteiger partial charge in [-0.25, -0.2) is 14.8 Å². The van der Waals surface area contributed by atoms with Gasteiger partial charge in [0.05, 0.1) is 18.3 Å². The van der Waals surface area contributed by atoms with Crippen molar-refractivity contribution in [2.45, 2.75) is 50.5 Å². The summed E-state index contributed by atoms with van der Waals surface area (Å²) in [5.41, 5.74) is 5.95. The summed E-state index contributed by atoms with van der Waals surface area (Å²) in [5.74, 6) is 0.438. The van der Waals surface area contributed by atoms with Crippen molar-refractivity contribution >= 4 is 23.5 Å². The molecule has 6 nitrogen and oxygen atoms in total. The number of carbonyl (C=O) groups is 1. The molecule has 0 spiro atoms. The van der Waals surface area contributed by atoms with Gasteiger partial charge in [0, 0.05) is 11.9 Å². The Hall–Kier alpha value is -1.34. The maximum atomic E-state index is 11.6. The molecule has 0 aliphatic carbocycles. The van der Waals surface area contributed by atoms with Crippen molar-refractivity contribution in [2.24, 2.45) is 0 Å². The highest BCUT2D eigenvalue weighted by atomic mass is 32.2. The van der Waals surface area contributed by atoms with E-state index < -0.39 is 5.97 Å². The normalized spacial score (nSPS) is 20.4. The maximum absolute atomic E-state index is 11.6. The molecule has 0 saturated carbocycles. The minimum absolute atomic E-state index is 0.0428. The van der Waals surface area contributed by atoms with E-state index in [1.807, 2.05) is 0 Å². The number of hydrogen-bond acceptors (Lipinski definition) is 7. The van der Waals surface area contributed by atoms with Crippen LogP contribution in [0.2, 0.25) is 0 Å². The van der Waals surface area contributed by atoms with Gasteiger partial charge in [-0.15, -0.1) is 0 Å². The highest BCUT2D eigenvalue weighted by Gasteiger charge is 2.31. The topological polar surface area (TPSA) is 87.3 Å². The van der Waals surface area contributed by atoms with Gasteiger partial charge >= 0.3 is 5.97 Å². The molecule has 1 atom stereocenters. The number of thioether (sulfide) groups is 1. The quantitative estimate of drug-likeness (QED) is 0.507. The van der Waals surface area contributed by atoms with Crippen molar-refractivity contribution in [3.8, 4) is 0 Å². The summed E-state index contributed by atoms with van der Waals surface area (Å²) in [7, 11) is 0. The van der Waals surface area contributed by atoms with Crippen LogP contribution in [-0.4, -0.2) is 40.0 Å². The predicted octanol–water partition coefficient (Wildman–Crippen LogP) is 2.29. The summed E-state index contributed by atoms with van der Waals surface area (Å²) >= 11 is 1.49. The van der Waals surface area contributed by atoms with Gasteiger partial charge < -0.3 is 15.2 Å². The van der Waals surface area contributed by atoms with Gasteiger partial charge in [-0.2, -0.15) is 0 Å². The van der Waals surface area contributed by atoms with Crippen molar-refractivity contribution in [2.75, 3.05) is 18.1 Å². The third kappa shape index (κ3) is 4.31. The van der Waals surface area contributed by atoms with Gasteiger partial charge in [-0.3, -0.25) is 0 Å². The summed E-state index contributed by atoms with van der Waals surface area (Å²) in [6.07, 6.45) is 3.72. The molecule has 0 radical (unpaired) electrons. The Labute approximate surface area is 128 Å². The molecule has 1 aromatic rings. The molecule has 116 valence electrons. The molecule has 2 heterocycles. The van der Waals surface area contributed by atoms with E-state index in [-0.39, 0.29) is 23.1 Å². The zero-order chi connectivity index (χ0) is 15.5. The number of nitrogens with zero attached hydrogens (tertiary/aromatic N) is 2. The summed E-state index contributed by atoms with van der Waals surface area (Å²) in [6, 6.07) is 0. The molecule has 0 amide bonds. The lowest BCUT2D eigenvalue weighted by Crippen LogP contribution is -2.21. The highest BCUT2D eigenvalue weighted by molar-refractivity contribution is 7.99. The summed E-state index contributed by atoms with van der Waals surface area (Å²) in [6.45, 7) is 6.23. The molecular weight excluding hydrogens is 290 g/mol. The molecular formula is C14H21N3O3S. The predicted molar refractivity (Wildman–Crippen MR) is 81.3 cm³/mol. The minimum atomic E-state index is -0.493. The SMILES string of the molecule is CCOC(=O)c1cnc(SCC2CCC(C)(C)O2)nc1N. The van der Waals surface area contributed by atoms with Crippen LogP contribution >= 0.6 is 11.8 Å². The first kappa shape index (κ1) is 16.0. The number of aromatic nitrogens is 2. The van der Waals surface area contributed by atoms with Crippen LogP contribution in [0.3, 0.4) is 0 Å². The van der Waals surface area contributed by atoms with Gasteiger partial charge in [0.25, 0.3) is 0 Å². The standard InChI is InChI=1S/C14H21N3O3S/c1-4-19-12(18)10-7-16-13(17-11(10)15)21-8-9-5-6-14(2,3)20-9/h7,9H,4-6,8H2,1-3H3,(H2,15,16,17). The van der Waals surface area contributed by atoms with Crippen LogP contribution < -0.4 is 5.73 Å². The fourth-order valence-corrected chi connectivity index (χ4v) is 3.04. The first-order valence-corrected chi connectivity index (χ1v) is 8.00. The van der Waals surface area contributed by atoms with Crippen molar-refractivity contribution in [3.63, 3.8) is 0 Å². The monoisotopic (exact) mass is 311 g/mol. The van der Waals surface area contributed by atoms with E-state index in [2.05, 4.69) is 23.8 Å². The molecule has 1 aliphatic rings. The van der Waals surface area contributed by atoms with Crippen LogP contribution in [0.4, 0.5) is 5.82 Å². The second-order valence-corrected chi connectivity index (χ2v) is 6.51. The van der Waals surface area contributed by atoms with Crippen LogP contribution in [-0.2, 0) is 9.47 Å². The summed E-state index contributed by atoms with van der Waals surface area (Å²) in [5, 5.41) is 0.550. The van der Waals surface area contributed by atoms with E-state index >= 15 is 0 Å². The number of hydrogen-bond donors (Lipinski definition) is 1. The van der Waals surface area contributed by atoms with Crippen LogP contribution in [0.15, 0.2) is 11.4 Å². The number of rotatable bonds is 5. The Balaban J connectivity index is 1.93. The Bertz CT molecular complexity index is 522. The molecule has 1 fully saturated rings. The number of ether oxygens (including phenoxy) is 2. The van der Waals surface area contributed by atoms with Crippen molar-refractivity contribution in [1.29, 1.82) is 0 Å². The van der Waals surface area contributed by atoms with Gasteiger partial charge in [-0.1, -0.05) is 11.8 Å². The Kier molecular flexibility index (Phi) is 5.05. The number of nitrogen functional groups attached to an aromatic ring is 1. The lowest BCUT2D eigenvalue weighted by molar-refractivity contribution is -0.00469. The summed E-state index contributed by atoms with van der Waals surface area (Å²) < 4.78 is 10.8. The number of nitrogens with two attached hydrogens (primary N) is 1. The molecule has 7 heteroatoms. The fraction of sp³-hybridized carbons (Fsp3) is 0.643. The second kappa shape index (κ2) is 6.62. The van der Waals surface area contributed by atoms with Crippen LogP contribution in [0, 0.1) is 0 Å².